The van der Waals surface area contributed by atoms with Crippen LogP contribution in [0.1, 0.15) is 117 Å². The summed E-state index contributed by atoms with van der Waals surface area (Å²) >= 11 is 0. The van der Waals surface area contributed by atoms with Crippen molar-refractivity contribution in [2.75, 3.05) is 79.0 Å². The van der Waals surface area contributed by atoms with Crippen molar-refractivity contribution in [3.05, 3.63) is 263 Å². The Balaban J connectivity index is 0.895. The number of benzene rings is 13. The summed E-state index contributed by atoms with van der Waals surface area (Å²) in [6.07, 6.45) is -2.49. The maximum absolute atomic E-state index is 17.2. The fourth-order valence-electron chi connectivity index (χ4n) is 18.2. The van der Waals surface area contributed by atoms with Crippen LogP contribution < -0.4 is 18.9 Å². The molecular formula is C110H100N4O22. The molecule has 0 bridgehead atoms. The molecule has 4 saturated heterocycles. The molecule has 6 unspecified atom stereocenters. The number of hydrogen-bond donors (Lipinski definition) is 0. The summed E-state index contributed by atoms with van der Waals surface area (Å²) in [5.41, 5.74) is 9.62. The Morgan fingerprint density at radius 1 is 0.301 bits per heavy atom. The van der Waals surface area contributed by atoms with Crippen LogP contribution in [0.2, 0.25) is 0 Å². The average molecular weight is 1830 g/mol. The highest BCUT2D eigenvalue weighted by Crippen LogP contribution is 2.59. The van der Waals surface area contributed by atoms with Gasteiger partial charge in [-0.25, -0.2) is 0 Å². The van der Waals surface area contributed by atoms with Crippen LogP contribution in [0.3, 0.4) is 0 Å². The third kappa shape index (κ3) is 19.4. The van der Waals surface area contributed by atoms with Gasteiger partial charge in [0.2, 0.25) is 11.8 Å². The van der Waals surface area contributed by atoms with E-state index in [4.69, 9.17) is 56.8 Å². The van der Waals surface area contributed by atoms with E-state index in [1.54, 1.807) is 52.0 Å². The smallest absolute Gasteiger partial charge is 0.307 e. The minimum Gasteiger partial charge on any atom is -0.463 e. The molecule has 0 saturated carbocycles. The first-order valence-electron chi connectivity index (χ1n) is 46.0. The number of carbonyl (C=O) groups excluding carboxylic acids is 10. The van der Waals surface area contributed by atoms with E-state index in [1.165, 1.54) is 34.1 Å². The van der Waals surface area contributed by atoms with Crippen molar-refractivity contribution in [1.82, 2.24) is 19.6 Å². The van der Waals surface area contributed by atoms with E-state index >= 15 is 28.8 Å². The summed E-state index contributed by atoms with van der Waals surface area (Å²) in [6, 6.07) is 63.9. The molecule has 0 aliphatic carbocycles. The van der Waals surface area contributed by atoms with Gasteiger partial charge in [0.15, 0.2) is 0 Å². The fraction of sp³-hybridized carbons (Fsp3) is 0.291. The van der Waals surface area contributed by atoms with Crippen molar-refractivity contribution in [3.63, 3.8) is 0 Å². The van der Waals surface area contributed by atoms with Gasteiger partial charge in [-0.1, -0.05) is 196 Å². The Morgan fingerprint density at radius 3 is 0.721 bits per heavy atom. The lowest BCUT2D eigenvalue weighted by Gasteiger charge is -2.39. The zero-order chi connectivity index (χ0) is 94.4. The van der Waals surface area contributed by atoms with Crippen LogP contribution in [0.25, 0.3) is 87.6 Å². The summed E-state index contributed by atoms with van der Waals surface area (Å²) in [7, 11) is 0. The van der Waals surface area contributed by atoms with Gasteiger partial charge in [0.25, 0.3) is 23.6 Å². The van der Waals surface area contributed by atoms with Crippen LogP contribution in [-0.4, -0.2) is 194 Å². The third-order valence-electron chi connectivity index (χ3n) is 25.2. The predicted octanol–water partition coefficient (Wildman–Crippen LogP) is 19.0. The average Bonchev–Trinajstić information content (AvgIpc) is 0.735. The van der Waals surface area contributed by atoms with Crippen LogP contribution in [-0.2, 0) is 66.7 Å². The molecule has 26 nitrogen and oxygen atoms in total. The number of hydrogen-bond acceptors (Lipinski definition) is 22. The van der Waals surface area contributed by atoms with Crippen LogP contribution in [0.4, 0.5) is 0 Å². The minimum absolute atomic E-state index is 0.0199. The molecule has 6 aliphatic rings. The van der Waals surface area contributed by atoms with Crippen molar-refractivity contribution >= 4 is 102 Å². The van der Waals surface area contributed by atoms with Crippen LogP contribution in [0, 0.1) is 39.5 Å². The minimum atomic E-state index is -1.66. The molecule has 6 amide bonds. The fourth-order valence-corrected chi connectivity index (χ4v) is 18.2. The Bertz CT molecular complexity index is 6200. The highest BCUT2D eigenvalue weighted by atomic mass is 16.6. The van der Waals surface area contributed by atoms with Gasteiger partial charge in [0.05, 0.1) is 74.4 Å². The summed E-state index contributed by atoms with van der Waals surface area (Å²) in [5.74, 6) is -9.03. The molecule has 4 fully saturated rings. The molecule has 6 atom stereocenters. The number of epoxide rings is 4. The number of rotatable bonds is 38. The molecule has 19 rings (SSSR count). The van der Waals surface area contributed by atoms with Crippen molar-refractivity contribution < 1.29 is 105 Å². The maximum Gasteiger partial charge on any atom is 0.307 e. The lowest BCUT2D eigenvalue weighted by atomic mass is 9.80. The van der Waals surface area contributed by atoms with E-state index in [9.17, 15) is 19.2 Å². The highest BCUT2D eigenvalue weighted by Gasteiger charge is 2.49. The summed E-state index contributed by atoms with van der Waals surface area (Å²) in [4.78, 5) is 161. The number of aryl methyl sites for hydroxylation is 4. The second-order valence-corrected chi connectivity index (χ2v) is 36.2. The number of nitrogens with zero attached hydrogens (tertiary/aromatic N) is 4. The van der Waals surface area contributed by atoms with Gasteiger partial charge in [-0.15, -0.1) is 0 Å². The molecule has 13 aromatic carbocycles. The number of ether oxygens (including phenoxy) is 12. The van der Waals surface area contributed by atoms with Gasteiger partial charge in [-0.05, 0) is 157 Å². The Morgan fingerprint density at radius 2 is 0.515 bits per heavy atom. The number of carbonyl (C=O) groups is 10. The van der Waals surface area contributed by atoms with Crippen LogP contribution in [0.15, 0.2) is 218 Å². The van der Waals surface area contributed by atoms with Gasteiger partial charge in [-0.2, -0.15) is 0 Å². The Labute approximate surface area is 784 Å². The SMILES string of the molecule is Cc1cccc(-c2cccc(Oc3cc4c5c(cc(Oc6cccc(-c7cccc(C)c7)c6)c6c7c(Oc8cccc(-c9cccc(C)c9)c8)cc8c9c(cc(Oc%10cccc(-c%11cccc(C)c%11)c%10)c(c3c56)c97)C(=O)N(C(C(=O)N(CCC(=O)OCC3CO3)CCC(=O)OCC3CO3)C(C)C)C8=O)C(=O)N(C(C(=O)N(CCC(=O)OCC3CO3)CCC(=O)OCC3CO3)C(C)C)C4=O)c2)c1. The van der Waals surface area contributed by atoms with E-state index in [0.29, 0.717) is 26.4 Å². The lowest BCUT2D eigenvalue weighted by molar-refractivity contribution is -0.149. The molecule has 0 aromatic heterocycles. The van der Waals surface area contributed by atoms with Gasteiger partial charge >= 0.3 is 23.9 Å². The zero-order valence-corrected chi connectivity index (χ0v) is 76.5. The standard InChI is InChI=1S/C110H100N4O22/c1-61(2)103(109(123)111(37-33-91(115)129-57-79-53-125-79)38-34-92(116)130-58-80-54-126-80)113-105(119)83-49-87(133-75-29-13-25-71(45-75)67-21-9-17-63(5)41-67)97-99-89(135-77-31-15-27-73(47-77)69-23-11-19-65(7)43-69)51-85-96-86(108(122)114(107(85)121)104(62(3)4)110(124)112(39-35-93(117)131-59-81-55-127-81)40-36-94(118)132-60-82-56-128-82)52-90(136-78-32-16-28-74(48-78)70-24-12-20-66(8)44-70)100(102(96)99)98-88(50-84(106(113)120)95(83)101(97)98)134-76-30-14-26-72(46-76)68-22-10-18-64(6)42-68/h9-32,41-52,61-62,79-82,103-104H,33-40,53-60H2,1-8H3. The topological polar surface area (TPSA) is 308 Å². The molecule has 6 aliphatic heterocycles. The molecular weight excluding hydrogens is 1730 g/mol. The molecule has 0 spiro atoms. The maximum atomic E-state index is 17.2. The largest absolute Gasteiger partial charge is 0.463 e. The number of fused-ring (bicyclic) bond motifs is 2. The summed E-state index contributed by atoms with van der Waals surface area (Å²) in [6.45, 7) is 15.0. The van der Waals surface area contributed by atoms with Gasteiger partial charge in [-0.3, -0.25) is 57.7 Å². The van der Waals surface area contributed by atoms with E-state index in [1.807, 2.05) is 198 Å². The Kier molecular flexibility index (Phi) is 25.5. The zero-order valence-electron chi connectivity index (χ0n) is 76.5. The second kappa shape index (κ2) is 38.3. The van der Waals surface area contributed by atoms with Crippen LogP contribution >= 0.6 is 0 Å². The highest BCUT2D eigenvalue weighted by molar-refractivity contribution is 6.45. The number of imide groups is 2. The lowest BCUT2D eigenvalue weighted by Crippen LogP contribution is -2.57. The van der Waals surface area contributed by atoms with E-state index in [-0.39, 0.29) is 214 Å². The second-order valence-electron chi connectivity index (χ2n) is 36.2. The first-order valence-corrected chi connectivity index (χ1v) is 46.0. The monoisotopic (exact) mass is 1830 g/mol. The van der Waals surface area contributed by atoms with Crippen molar-refractivity contribution in [3.8, 4) is 90.5 Å². The van der Waals surface area contributed by atoms with Gasteiger partial charge in [0.1, 0.15) is 109 Å². The summed E-state index contributed by atoms with van der Waals surface area (Å²) < 4.78 is 74.1. The van der Waals surface area contributed by atoms with E-state index in [0.717, 1.165) is 76.6 Å². The Hall–Kier alpha value is -14.7. The molecule has 0 N–H and O–H groups in total. The molecule has 692 valence electrons. The normalized spacial score (nSPS) is 16.6. The molecule has 6 heterocycles. The van der Waals surface area contributed by atoms with E-state index < -0.39 is 83.2 Å². The van der Waals surface area contributed by atoms with E-state index in [2.05, 4.69) is 0 Å². The van der Waals surface area contributed by atoms with Crippen molar-refractivity contribution in [2.45, 2.75) is 118 Å². The summed E-state index contributed by atoms with van der Waals surface area (Å²) in [5, 5.41) is 0.995. The van der Waals surface area contributed by atoms with Gasteiger partial charge in [0, 0.05) is 69.3 Å². The van der Waals surface area contributed by atoms with Crippen molar-refractivity contribution in [1.29, 1.82) is 0 Å². The predicted molar refractivity (Wildman–Crippen MR) is 507 cm³/mol. The third-order valence-corrected chi connectivity index (χ3v) is 25.2. The first kappa shape index (κ1) is 90.5. The molecule has 136 heavy (non-hydrogen) atoms. The first-order chi connectivity index (χ1) is 65.8. The molecule has 13 aromatic rings. The van der Waals surface area contributed by atoms with Gasteiger partial charge < -0.3 is 66.6 Å². The van der Waals surface area contributed by atoms with Crippen LogP contribution in [0.5, 0.6) is 46.0 Å². The molecule has 26 heteroatoms. The van der Waals surface area contributed by atoms with Crippen molar-refractivity contribution in [2.24, 2.45) is 11.8 Å². The quantitative estimate of drug-likeness (QED) is 0.00866. The number of esters is 4. The number of amides is 6. The molecule has 0 radical (unpaired) electrons.